The largest absolute Gasteiger partial charge is 0.381 e. The van der Waals surface area contributed by atoms with E-state index in [1.165, 1.54) is 0 Å². The molecule has 0 fully saturated rings. The molecule has 1 N–H and O–H groups in total. The van der Waals surface area contributed by atoms with E-state index in [2.05, 4.69) is 0 Å². The predicted molar refractivity (Wildman–Crippen MR) is 100 cm³/mol. The summed E-state index contributed by atoms with van der Waals surface area (Å²) in [5.41, 5.74) is 0.420. The van der Waals surface area contributed by atoms with Crippen LogP contribution in [0.25, 0.3) is 0 Å². The summed E-state index contributed by atoms with van der Waals surface area (Å²) in [6, 6.07) is 26.1. The molecule has 0 saturated heterocycles. The number of hydrogen-bond donors (Lipinski definition) is 1. The van der Waals surface area contributed by atoms with Crippen LogP contribution in [0, 0.1) is 0 Å². The summed E-state index contributed by atoms with van der Waals surface area (Å²) in [6.45, 7) is 0. The quantitative estimate of drug-likeness (QED) is 0.684. The molecule has 0 heterocycles. The number of aliphatic hydroxyl groups is 1. The van der Waals surface area contributed by atoms with E-state index in [1.54, 1.807) is 78.9 Å². The Labute approximate surface area is 146 Å². The van der Waals surface area contributed by atoms with Gasteiger partial charge in [-0.15, -0.1) is 0 Å². The van der Waals surface area contributed by atoms with Gasteiger partial charge in [0.1, 0.15) is 11.9 Å². The van der Waals surface area contributed by atoms with E-state index in [1.807, 2.05) is 12.1 Å². The van der Waals surface area contributed by atoms with Crippen LogP contribution in [-0.4, -0.2) is 5.11 Å². The number of hydrogen-bond acceptors (Lipinski definition) is 2. The highest BCUT2D eigenvalue weighted by molar-refractivity contribution is 7.81. The summed E-state index contributed by atoms with van der Waals surface area (Å²) < 4.78 is 28.5. The molecule has 0 aliphatic heterocycles. The maximum atomic E-state index is 14.8. The highest BCUT2D eigenvalue weighted by atomic mass is 31.2. The van der Waals surface area contributed by atoms with E-state index in [0.717, 1.165) is 5.82 Å². The summed E-state index contributed by atoms with van der Waals surface area (Å²) in [6.07, 6.45) is -1.44. The van der Waals surface area contributed by atoms with Gasteiger partial charge in [-0.25, -0.2) is 4.39 Å². The second-order valence-electron chi connectivity index (χ2n) is 5.66. The summed E-state index contributed by atoms with van der Waals surface area (Å²) >= 11 is 0. The van der Waals surface area contributed by atoms with Crippen molar-refractivity contribution in [2.75, 3.05) is 0 Å². The second kappa shape index (κ2) is 7.60. The molecule has 0 amide bonds. The zero-order valence-corrected chi connectivity index (χ0v) is 14.4. The molecule has 2 nitrogen and oxygen atoms in total. The minimum absolute atomic E-state index is 0.420. The van der Waals surface area contributed by atoms with Crippen molar-refractivity contribution < 1.29 is 14.1 Å². The molecule has 3 aromatic rings. The number of aliphatic hydroxyl groups excluding tert-OH is 1. The second-order valence-corrected chi connectivity index (χ2v) is 8.26. The Kier molecular flexibility index (Phi) is 5.28. The van der Waals surface area contributed by atoms with Crippen LogP contribution in [-0.2, 0) is 4.57 Å². The molecule has 0 spiro atoms. The molecule has 0 aliphatic rings. The lowest BCUT2D eigenvalue weighted by atomic mass is 10.1. The van der Waals surface area contributed by atoms with Gasteiger partial charge in [-0.2, -0.15) is 0 Å². The molecule has 4 heteroatoms. The minimum Gasteiger partial charge on any atom is -0.381 e. The fourth-order valence-electron chi connectivity index (χ4n) is 2.64. The molecule has 1 atom stereocenters. The topological polar surface area (TPSA) is 37.3 Å². The lowest BCUT2D eigenvalue weighted by molar-refractivity contribution is 0.186. The Morgan fingerprint density at radius 2 is 1.20 bits per heavy atom. The van der Waals surface area contributed by atoms with Crippen LogP contribution in [0.5, 0.6) is 0 Å². The van der Waals surface area contributed by atoms with Crippen LogP contribution in [0.2, 0.25) is 0 Å². The Hall–Kier alpha value is -2.48. The van der Waals surface area contributed by atoms with Gasteiger partial charge in [0.25, 0.3) is 0 Å². The van der Waals surface area contributed by atoms with Crippen LogP contribution in [0.1, 0.15) is 11.7 Å². The fraction of sp³-hybridized carbons (Fsp3) is 0.0476. The first-order valence-corrected chi connectivity index (χ1v) is 9.71. The number of benzene rings is 3. The Morgan fingerprint density at radius 1 is 0.800 bits per heavy atom. The summed E-state index contributed by atoms with van der Waals surface area (Å²) in [5, 5.41) is 11.3. The van der Waals surface area contributed by atoms with Crippen LogP contribution in [0.4, 0.5) is 4.39 Å². The van der Waals surface area contributed by atoms with Crippen LogP contribution >= 0.6 is 7.14 Å². The highest BCUT2D eigenvalue weighted by Crippen LogP contribution is 2.47. The molecule has 3 rings (SSSR count). The fourth-order valence-corrected chi connectivity index (χ4v) is 4.95. The molecular formula is C21H18FO2P. The van der Waals surface area contributed by atoms with Crippen molar-refractivity contribution in [1.29, 1.82) is 0 Å². The van der Waals surface area contributed by atoms with E-state index >= 15 is 0 Å². The third-order valence-electron chi connectivity index (χ3n) is 3.96. The molecule has 0 bridgehead atoms. The SMILES string of the molecule is O=P(/C=C(/F)C(O)c1ccccc1)(c1ccccc1)c1ccccc1. The van der Waals surface area contributed by atoms with Gasteiger partial charge in [0, 0.05) is 16.4 Å². The van der Waals surface area contributed by atoms with Crippen molar-refractivity contribution in [2.24, 2.45) is 0 Å². The summed E-state index contributed by atoms with van der Waals surface area (Å²) in [7, 11) is -3.35. The van der Waals surface area contributed by atoms with Gasteiger partial charge in [0.15, 0.2) is 7.14 Å². The minimum atomic E-state index is -3.35. The normalized spacial score (nSPS) is 13.4. The lowest BCUT2D eigenvalue weighted by Crippen LogP contribution is -2.14. The van der Waals surface area contributed by atoms with Crippen molar-refractivity contribution in [1.82, 2.24) is 0 Å². The van der Waals surface area contributed by atoms with Crippen LogP contribution < -0.4 is 10.6 Å². The van der Waals surface area contributed by atoms with Gasteiger partial charge in [-0.3, -0.25) is 0 Å². The maximum absolute atomic E-state index is 14.8. The predicted octanol–water partition coefficient (Wildman–Crippen LogP) is 4.55. The standard InChI is InChI=1S/C21H18FO2P/c22-20(21(23)17-10-4-1-5-11-17)16-25(24,18-12-6-2-7-13-18)19-14-8-3-9-15-19/h1-16,21,23H/b20-16+. The average molecular weight is 352 g/mol. The van der Waals surface area contributed by atoms with Crippen molar-refractivity contribution in [3.63, 3.8) is 0 Å². The van der Waals surface area contributed by atoms with E-state index in [0.29, 0.717) is 16.2 Å². The zero-order chi connectivity index (χ0) is 17.7. The molecule has 0 aliphatic carbocycles. The zero-order valence-electron chi connectivity index (χ0n) is 13.5. The van der Waals surface area contributed by atoms with Crippen molar-refractivity contribution in [2.45, 2.75) is 6.10 Å². The smallest absolute Gasteiger partial charge is 0.166 e. The van der Waals surface area contributed by atoms with E-state index in [9.17, 15) is 14.1 Å². The van der Waals surface area contributed by atoms with E-state index in [-0.39, 0.29) is 0 Å². The molecule has 1 unspecified atom stereocenters. The Morgan fingerprint density at radius 3 is 1.64 bits per heavy atom. The average Bonchev–Trinajstić information content (AvgIpc) is 2.69. The Bertz CT molecular complexity index is 849. The molecule has 126 valence electrons. The number of rotatable bonds is 5. The van der Waals surface area contributed by atoms with Gasteiger partial charge in [-0.1, -0.05) is 91.0 Å². The maximum Gasteiger partial charge on any atom is 0.166 e. The summed E-state index contributed by atoms with van der Waals surface area (Å²) in [5.74, 6) is 0.261. The summed E-state index contributed by atoms with van der Waals surface area (Å²) in [4.78, 5) is 0. The monoisotopic (exact) mass is 352 g/mol. The molecule has 0 saturated carbocycles. The third kappa shape index (κ3) is 3.79. The lowest BCUT2D eigenvalue weighted by Gasteiger charge is -2.17. The molecule has 25 heavy (non-hydrogen) atoms. The van der Waals surface area contributed by atoms with E-state index in [4.69, 9.17) is 0 Å². The highest BCUT2D eigenvalue weighted by Gasteiger charge is 2.27. The molecular weight excluding hydrogens is 334 g/mol. The third-order valence-corrected chi connectivity index (χ3v) is 6.70. The van der Waals surface area contributed by atoms with Gasteiger partial charge in [-0.05, 0) is 5.56 Å². The first kappa shape index (κ1) is 17.3. The van der Waals surface area contributed by atoms with Gasteiger partial charge >= 0.3 is 0 Å². The number of halogens is 1. The van der Waals surface area contributed by atoms with Gasteiger partial charge in [0.2, 0.25) is 0 Å². The molecule has 0 aromatic heterocycles. The van der Waals surface area contributed by atoms with Crippen LogP contribution in [0.15, 0.2) is 103 Å². The van der Waals surface area contributed by atoms with Crippen molar-refractivity contribution >= 4 is 17.8 Å². The molecule has 3 aromatic carbocycles. The first-order chi connectivity index (χ1) is 12.1. The first-order valence-electron chi connectivity index (χ1n) is 7.93. The Balaban J connectivity index is 2.08. The van der Waals surface area contributed by atoms with Crippen molar-refractivity contribution in [3.8, 4) is 0 Å². The molecule has 0 radical (unpaired) electrons. The van der Waals surface area contributed by atoms with Crippen molar-refractivity contribution in [3.05, 3.63) is 108 Å². The van der Waals surface area contributed by atoms with Gasteiger partial charge in [0.05, 0.1) is 0 Å². The van der Waals surface area contributed by atoms with E-state index < -0.39 is 19.1 Å². The van der Waals surface area contributed by atoms with Crippen LogP contribution in [0.3, 0.4) is 0 Å². The van der Waals surface area contributed by atoms with Gasteiger partial charge < -0.3 is 9.67 Å².